The van der Waals surface area contributed by atoms with E-state index in [9.17, 15) is 14.3 Å². The third kappa shape index (κ3) is 3.10. The van der Waals surface area contributed by atoms with Crippen LogP contribution in [-0.4, -0.2) is 25.3 Å². The van der Waals surface area contributed by atoms with Crippen molar-refractivity contribution in [3.63, 3.8) is 0 Å². The van der Waals surface area contributed by atoms with Gasteiger partial charge in [-0.3, -0.25) is 4.79 Å². The molecule has 1 aromatic carbocycles. The molecule has 2 unspecified atom stereocenters. The van der Waals surface area contributed by atoms with Crippen LogP contribution in [0.4, 0.5) is 4.39 Å². The maximum atomic E-state index is 13.8. The van der Waals surface area contributed by atoms with Crippen molar-refractivity contribution >= 4 is 5.97 Å². The number of aliphatic hydroxyl groups is 1. The van der Waals surface area contributed by atoms with Crippen molar-refractivity contribution in [3.8, 4) is 5.75 Å². The van der Waals surface area contributed by atoms with Crippen LogP contribution < -0.4 is 4.74 Å². The highest BCUT2D eigenvalue weighted by Crippen LogP contribution is 2.36. The first kappa shape index (κ1) is 16.4. The lowest BCUT2D eigenvalue weighted by atomic mass is 9.76. The minimum atomic E-state index is -1.53. The van der Waals surface area contributed by atoms with Crippen molar-refractivity contribution in [2.45, 2.75) is 26.4 Å². The van der Waals surface area contributed by atoms with E-state index in [4.69, 9.17) is 9.47 Å². The zero-order chi connectivity index (χ0) is 15.5. The lowest BCUT2D eigenvalue weighted by Crippen LogP contribution is -2.41. The average Bonchev–Trinajstić information content (AvgIpc) is 2.37. The molecule has 5 heteroatoms. The van der Waals surface area contributed by atoms with Gasteiger partial charge in [-0.1, -0.05) is 19.9 Å². The molecule has 0 bridgehead atoms. The summed E-state index contributed by atoms with van der Waals surface area (Å²) in [5.41, 5.74) is -1.23. The molecule has 1 rings (SSSR count). The second-order valence-corrected chi connectivity index (χ2v) is 5.24. The van der Waals surface area contributed by atoms with E-state index in [2.05, 4.69) is 0 Å². The van der Waals surface area contributed by atoms with Gasteiger partial charge in [-0.25, -0.2) is 4.39 Å². The van der Waals surface area contributed by atoms with Gasteiger partial charge in [-0.15, -0.1) is 0 Å². The lowest BCUT2D eigenvalue weighted by molar-refractivity contribution is -0.159. The first-order valence-electron chi connectivity index (χ1n) is 6.39. The predicted octanol–water partition coefficient (Wildman–Crippen LogP) is 2.49. The van der Waals surface area contributed by atoms with Crippen molar-refractivity contribution in [1.82, 2.24) is 0 Å². The van der Waals surface area contributed by atoms with Gasteiger partial charge in [0.1, 0.15) is 5.60 Å². The Bertz CT molecular complexity index is 483. The van der Waals surface area contributed by atoms with E-state index >= 15 is 0 Å². The van der Waals surface area contributed by atoms with Crippen LogP contribution in [-0.2, 0) is 15.1 Å². The van der Waals surface area contributed by atoms with Crippen molar-refractivity contribution in [3.05, 3.63) is 29.6 Å². The fourth-order valence-corrected chi connectivity index (χ4v) is 2.44. The van der Waals surface area contributed by atoms with Gasteiger partial charge in [0.25, 0.3) is 0 Å². The predicted molar refractivity (Wildman–Crippen MR) is 72.9 cm³/mol. The van der Waals surface area contributed by atoms with Crippen molar-refractivity contribution in [2.75, 3.05) is 14.2 Å². The molecule has 1 N–H and O–H groups in total. The summed E-state index contributed by atoms with van der Waals surface area (Å²) in [6, 6.07) is 4.14. The monoisotopic (exact) mass is 284 g/mol. The van der Waals surface area contributed by atoms with Crippen LogP contribution in [0.2, 0.25) is 0 Å². The van der Waals surface area contributed by atoms with Crippen molar-refractivity contribution in [2.24, 2.45) is 11.8 Å². The number of ether oxygens (including phenoxy) is 2. The van der Waals surface area contributed by atoms with Crippen LogP contribution in [0.1, 0.15) is 26.3 Å². The molecular formula is C15H21FO4. The van der Waals surface area contributed by atoms with E-state index in [-0.39, 0.29) is 11.7 Å². The van der Waals surface area contributed by atoms with Crippen molar-refractivity contribution < 1.29 is 23.8 Å². The van der Waals surface area contributed by atoms with E-state index in [1.54, 1.807) is 19.9 Å². The molecule has 0 saturated heterocycles. The zero-order valence-corrected chi connectivity index (χ0v) is 12.4. The molecule has 0 aliphatic rings. The minimum Gasteiger partial charge on any atom is -0.494 e. The minimum absolute atomic E-state index is 0.0868. The highest BCUT2D eigenvalue weighted by molar-refractivity contribution is 5.74. The third-order valence-electron chi connectivity index (χ3n) is 3.46. The van der Waals surface area contributed by atoms with Gasteiger partial charge in [0.2, 0.25) is 0 Å². The molecule has 0 heterocycles. The third-order valence-corrected chi connectivity index (χ3v) is 3.46. The Morgan fingerprint density at radius 1 is 1.35 bits per heavy atom. The number of halogens is 1. The Hall–Kier alpha value is -1.62. The first-order valence-corrected chi connectivity index (χ1v) is 6.39. The van der Waals surface area contributed by atoms with E-state index in [0.717, 1.165) is 0 Å². The van der Waals surface area contributed by atoms with Gasteiger partial charge < -0.3 is 14.6 Å². The van der Waals surface area contributed by atoms with Gasteiger partial charge in [-0.2, -0.15) is 0 Å². The average molecular weight is 284 g/mol. The van der Waals surface area contributed by atoms with Crippen LogP contribution in [0.5, 0.6) is 5.75 Å². The van der Waals surface area contributed by atoms with E-state index in [1.807, 2.05) is 0 Å². The zero-order valence-electron chi connectivity index (χ0n) is 12.4. The SMILES string of the molecule is COC(=O)C(C(C)C)C(C)(O)c1ccc(OC)c(F)c1. The van der Waals surface area contributed by atoms with Crippen LogP contribution in [0, 0.1) is 17.7 Å². The number of rotatable bonds is 5. The Balaban J connectivity index is 3.25. The lowest BCUT2D eigenvalue weighted by Gasteiger charge is -2.34. The van der Waals surface area contributed by atoms with Crippen LogP contribution in [0.3, 0.4) is 0 Å². The summed E-state index contributed by atoms with van der Waals surface area (Å²) in [5.74, 6) is -1.98. The molecule has 0 saturated carbocycles. The molecule has 2 atom stereocenters. The van der Waals surface area contributed by atoms with E-state index in [1.165, 1.54) is 33.3 Å². The Kier molecular flexibility index (Phi) is 5.11. The topological polar surface area (TPSA) is 55.8 Å². The number of esters is 1. The molecule has 0 radical (unpaired) electrons. The number of benzene rings is 1. The van der Waals surface area contributed by atoms with Gasteiger partial charge in [0.05, 0.1) is 20.1 Å². The summed E-state index contributed by atoms with van der Waals surface area (Å²) in [6.45, 7) is 5.09. The number of carbonyl (C=O) groups is 1. The normalized spacial score (nSPS) is 15.6. The largest absolute Gasteiger partial charge is 0.494 e. The van der Waals surface area contributed by atoms with Gasteiger partial charge in [-0.05, 0) is 30.5 Å². The van der Waals surface area contributed by atoms with Crippen LogP contribution in [0.25, 0.3) is 0 Å². The Morgan fingerprint density at radius 3 is 2.35 bits per heavy atom. The standard InChI is InChI=1S/C15H21FO4/c1-9(2)13(14(17)20-5)15(3,18)10-6-7-12(19-4)11(16)8-10/h6-9,13,18H,1-5H3. The quantitative estimate of drug-likeness (QED) is 0.844. The molecule has 0 aliphatic heterocycles. The number of methoxy groups -OCH3 is 2. The summed E-state index contributed by atoms with van der Waals surface area (Å²) in [5, 5.41) is 10.7. The molecule has 0 spiro atoms. The molecule has 112 valence electrons. The Labute approximate surface area is 118 Å². The number of hydrogen-bond donors (Lipinski definition) is 1. The first-order chi connectivity index (χ1) is 9.25. The highest BCUT2D eigenvalue weighted by atomic mass is 19.1. The summed E-state index contributed by atoms with van der Waals surface area (Å²) >= 11 is 0. The molecule has 0 fully saturated rings. The molecular weight excluding hydrogens is 263 g/mol. The molecule has 20 heavy (non-hydrogen) atoms. The molecule has 0 aromatic heterocycles. The summed E-state index contributed by atoms with van der Waals surface area (Å²) in [4.78, 5) is 11.9. The maximum absolute atomic E-state index is 13.8. The number of hydrogen-bond acceptors (Lipinski definition) is 4. The highest BCUT2D eigenvalue weighted by Gasteiger charge is 2.42. The smallest absolute Gasteiger partial charge is 0.312 e. The number of carbonyl (C=O) groups excluding carboxylic acids is 1. The maximum Gasteiger partial charge on any atom is 0.312 e. The Morgan fingerprint density at radius 2 is 1.95 bits per heavy atom. The molecule has 4 nitrogen and oxygen atoms in total. The van der Waals surface area contributed by atoms with E-state index in [0.29, 0.717) is 5.56 Å². The summed E-state index contributed by atoms with van der Waals surface area (Å²) < 4.78 is 23.4. The second-order valence-electron chi connectivity index (χ2n) is 5.24. The van der Waals surface area contributed by atoms with Gasteiger partial charge >= 0.3 is 5.97 Å². The molecule has 0 aliphatic carbocycles. The van der Waals surface area contributed by atoms with Gasteiger partial charge in [0.15, 0.2) is 11.6 Å². The van der Waals surface area contributed by atoms with E-state index < -0.39 is 23.3 Å². The van der Waals surface area contributed by atoms with Crippen LogP contribution >= 0.6 is 0 Å². The van der Waals surface area contributed by atoms with Crippen molar-refractivity contribution in [1.29, 1.82) is 0 Å². The summed E-state index contributed by atoms with van der Waals surface area (Å²) in [6.07, 6.45) is 0. The van der Waals surface area contributed by atoms with Gasteiger partial charge in [0, 0.05) is 0 Å². The summed E-state index contributed by atoms with van der Waals surface area (Å²) in [7, 11) is 2.63. The molecule has 0 amide bonds. The second kappa shape index (κ2) is 6.22. The fourth-order valence-electron chi connectivity index (χ4n) is 2.44. The molecule has 1 aromatic rings. The van der Waals surface area contributed by atoms with Crippen LogP contribution in [0.15, 0.2) is 18.2 Å². The fraction of sp³-hybridized carbons (Fsp3) is 0.533.